The molecular weight excluding hydrogens is 374 g/mol. The molecule has 27 heavy (non-hydrogen) atoms. The zero-order chi connectivity index (χ0) is 18.6. The first-order valence-electron chi connectivity index (χ1n) is 8.36. The molecule has 0 bridgehead atoms. The van der Waals surface area contributed by atoms with Crippen LogP contribution >= 0.6 is 22.7 Å². The van der Waals surface area contributed by atoms with E-state index in [4.69, 9.17) is 6.42 Å². The Morgan fingerprint density at radius 2 is 2.00 bits per heavy atom. The molecule has 4 rings (SSSR count). The van der Waals surface area contributed by atoms with Gasteiger partial charge >= 0.3 is 0 Å². The topological polar surface area (TPSA) is 54.9 Å². The Labute approximate surface area is 164 Å². The van der Waals surface area contributed by atoms with Crippen LogP contribution in [0.1, 0.15) is 17.0 Å². The van der Waals surface area contributed by atoms with Crippen molar-refractivity contribution in [2.45, 2.75) is 12.8 Å². The van der Waals surface area contributed by atoms with Crippen LogP contribution in [-0.4, -0.2) is 15.9 Å². The van der Waals surface area contributed by atoms with Gasteiger partial charge in [0.25, 0.3) is 0 Å². The number of hydrogen-bond donors (Lipinski definition) is 1. The number of benzene rings is 2. The van der Waals surface area contributed by atoms with Crippen molar-refractivity contribution < 1.29 is 4.79 Å². The maximum absolute atomic E-state index is 12.1. The van der Waals surface area contributed by atoms with Crippen LogP contribution in [-0.2, 0) is 11.2 Å². The second-order valence-electron chi connectivity index (χ2n) is 5.93. The van der Waals surface area contributed by atoms with E-state index >= 15 is 0 Å². The SMILES string of the molecule is C#Cc1nc(NC(=O)CCc2ccc(-c3cccc4ncsc34)cc2)cs1. The molecule has 4 nitrogen and oxygen atoms in total. The van der Waals surface area contributed by atoms with Crippen LogP contribution in [0.15, 0.2) is 53.4 Å². The molecule has 0 unspecified atom stereocenters. The first kappa shape index (κ1) is 17.4. The zero-order valence-corrected chi connectivity index (χ0v) is 15.9. The van der Waals surface area contributed by atoms with Crippen molar-refractivity contribution in [3.05, 3.63) is 63.9 Å². The third-order valence-corrected chi connectivity index (χ3v) is 5.81. The first-order chi connectivity index (χ1) is 13.2. The summed E-state index contributed by atoms with van der Waals surface area (Å²) in [5, 5.41) is 5.10. The highest BCUT2D eigenvalue weighted by Gasteiger charge is 2.08. The summed E-state index contributed by atoms with van der Waals surface area (Å²) in [5.41, 5.74) is 6.35. The Morgan fingerprint density at radius 1 is 1.15 bits per heavy atom. The van der Waals surface area contributed by atoms with Gasteiger partial charge in [-0.1, -0.05) is 36.4 Å². The average molecular weight is 390 g/mol. The molecule has 0 fully saturated rings. The molecule has 0 spiro atoms. The Hall–Kier alpha value is -3.01. The van der Waals surface area contributed by atoms with Gasteiger partial charge in [-0.15, -0.1) is 29.1 Å². The Bertz CT molecular complexity index is 1140. The van der Waals surface area contributed by atoms with E-state index < -0.39 is 0 Å². The maximum atomic E-state index is 12.1. The number of carbonyl (C=O) groups is 1. The molecule has 132 valence electrons. The number of thiazole rings is 2. The summed E-state index contributed by atoms with van der Waals surface area (Å²) in [5.74, 6) is 2.91. The van der Waals surface area contributed by atoms with E-state index in [-0.39, 0.29) is 5.91 Å². The van der Waals surface area contributed by atoms with Crippen LogP contribution in [0, 0.1) is 12.3 Å². The molecule has 6 heteroatoms. The number of carbonyl (C=O) groups excluding carboxylic acids is 1. The smallest absolute Gasteiger partial charge is 0.225 e. The molecule has 1 amide bonds. The van der Waals surface area contributed by atoms with Gasteiger partial charge in [0.1, 0.15) is 5.82 Å². The molecule has 0 saturated carbocycles. The van der Waals surface area contributed by atoms with Crippen molar-refractivity contribution in [2.75, 3.05) is 5.32 Å². The van der Waals surface area contributed by atoms with Crippen molar-refractivity contribution >= 4 is 44.6 Å². The summed E-state index contributed by atoms with van der Waals surface area (Å²) >= 11 is 2.99. The van der Waals surface area contributed by atoms with Gasteiger partial charge in [0.05, 0.1) is 15.7 Å². The number of amides is 1. The van der Waals surface area contributed by atoms with Gasteiger partial charge in [-0.05, 0) is 29.5 Å². The Kier molecular flexibility index (Phi) is 4.97. The zero-order valence-electron chi connectivity index (χ0n) is 14.3. The molecular formula is C21H15N3OS2. The predicted molar refractivity (Wildman–Crippen MR) is 112 cm³/mol. The lowest BCUT2D eigenvalue weighted by Gasteiger charge is -2.06. The van der Waals surface area contributed by atoms with Crippen molar-refractivity contribution in [1.29, 1.82) is 0 Å². The number of rotatable bonds is 5. The predicted octanol–water partition coefficient (Wildman–Crippen LogP) is 4.97. The highest BCUT2D eigenvalue weighted by atomic mass is 32.1. The normalized spacial score (nSPS) is 10.6. The summed E-state index contributed by atoms with van der Waals surface area (Å²) < 4.78 is 1.19. The fourth-order valence-corrected chi connectivity index (χ4v) is 4.21. The van der Waals surface area contributed by atoms with E-state index in [9.17, 15) is 4.79 Å². The molecule has 2 aromatic carbocycles. The molecule has 0 saturated heterocycles. The quantitative estimate of drug-likeness (QED) is 0.490. The van der Waals surface area contributed by atoms with Crippen LogP contribution < -0.4 is 5.32 Å². The molecule has 0 aliphatic heterocycles. The summed E-state index contributed by atoms with van der Waals surface area (Å²) in [7, 11) is 0. The number of fused-ring (bicyclic) bond motifs is 1. The second-order valence-corrected chi connectivity index (χ2v) is 7.65. The average Bonchev–Trinajstić information content (AvgIpc) is 3.35. The van der Waals surface area contributed by atoms with E-state index in [0.29, 0.717) is 23.7 Å². The minimum atomic E-state index is -0.0672. The molecule has 1 N–H and O–H groups in total. The summed E-state index contributed by atoms with van der Waals surface area (Å²) in [6.45, 7) is 0. The van der Waals surface area contributed by atoms with Gasteiger partial charge in [0.15, 0.2) is 5.01 Å². The highest BCUT2D eigenvalue weighted by Crippen LogP contribution is 2.31. The monoisotopic (exact) mass is 389 g/mol. The lowest BCUT2D eigenvalue weighted by atomic mass is 10.0. The lowest BCUT2D eigenvalue weighted by Crippen LogP contribution is -2.12. The van der Waals surface area contributed by atoms with Gasteiger partial charge in [-0.3, -0.25) is 4.79 Å². The maximum Gasteiger partial charge on any atom is 0.225 e. The van der Waals surface area contributed by atoms with Gasteiger partial charge in [0.2, 0.25) is 5.91 Å². The number of hydrogen-bond acceptors (Lipinski definition) is 5. The molecule has 4 aromatic rings. The van der Waals surface area contributed by atoms with Crippen LogP contribution in [0.5, 0.6) is 0 Å². The third kappa shape index (κ3) is 3.90. The van der Waals surface area contributed by atoms with E-state index in [1.807, 2.05) is 17.6 Å². The molecule has 2 aromatic heterocycles. The van der Waals surface area contributed by atoms with Crippen molar-refractivity contribution in [3.63, 3.8) is 0 Å². The first-order valence-corrected chi connectivity index (χ1v) is 10.1. The van der Waals surface area contributed by atoms with Crippen LogP contribution in [0.4, 0.5) is 5.82 Å². The fourth-order valence-electron chi connectivity index (χ4n) is 2.83. The number of terminal acetylenes is 1. The minimum Gasteiger partial charge on any atom is -0.310 e. The summed E-state index contributed by atoms with van der Waals surface area (Å²) in [4.78, 5) is 20.6. The van der Waals surface area contributed by atoms with Crippen LogP contribution in [0.3, 0.4) is 0 Å². The number of aryl methyl sites for hydroxylation is 1. The number of nitrogens with zero attached hydrogens (tertiary/aromatic N) is 2. The highest BCUT2D eigenvalue weighted by molar-refractivity contribution is 7.17. The van der Waals surface area contributed by atoms with Gasteiger partial charge in [0, 0.05) is 17.4 Å². The number of aromatic nitrogens is 2. The van der Waals surface area contributed by atoms with Gasteiger partial charge in [-0.2, -0.15) is 0 Å². The largest absolute Gasteiger partial charge is 0.310 e. The van der Waals surface area contributed by atoms with Crippen LogP contribution in [0.25, 0.3) is 21.3 Å². The van der Waals surface area contributed by atoms with Crippen LogP contribution in [0.2, 0.25) is 0 Å². The van der Waals surface area contributed by atoms with Crippen molar-refractivity contribution in [3.8, 4) is 23.5 Å². The molecule has 0 radical (unpaired) electrons. The molecule has 0 aliphatic carbocycles. The standard InChI is InChI=1S/C21H15N3OS2/c1-2-20-24-18(12-26-20)23-19(25)11-8-14-6-9-15(10-7-14)16-4-3-5-17-21(16)27-13-22-17/h1,3-7,9-10,12-13H,8,11H2,(H,23,25). The Morgan fingerprint density at radius 3 is 2.78 bits per heavy atom. The van der Waals surface area contributed by atoms with Crippen molar-refractivity contribution in [2.24, 2.45) is 0 Å². The molecule has 0 aliphatic rings. The number of anilines is 1. The van der Waals surface area contributed by atoms with E-state index in [2.05, 4.69) is 51.5 Å². The van der Waals surface area contributed by atoms with Gasteiger partial charge in [-0.25, -0.2) is 9.97 Å². The van der Waals surface area contributed by atoms with E-state index in [1.54, 1.807) is 16.7 Å². The second kappa shape index (κ2) is 7.70. The number of nitrogens with one attached hydrogen (secondary N) is 1. The Balaban J connectivity index is 1.40. The fraction of sp³-hybridized carbons (Fsp3) is 0.0952. The minimum absolute atomic E-state index is 0.0672. The lowest BCUT2D eigenvalue weighted by molar-refractivity contribution is -0.116. The van der Waals surface area contributed by atoms with E-state index in [1.165, 1.54) is 21.6 Å². The summed E-state index contributed by atoms with van der Waals surface area (Å²) in [6.07, 6.45) is 6.35. The van der Waals surface area contributed by atoms with Crippen molar-refractivity contribution in [1.82, 2.24) is 9.97 Å². The molecule has 2 heterocycles. The summed E-state index contributed by atoms with van der Waals surface area (Å²) in [6, 6.07) is 14.5. The third-order valence-electron chi connectivity index (χ3n) is 4.16. The van der Waals surface area contributed by atoms with E-state index in [0.717, 1.165) is 16.6 Å². The molecule has 0 atom stereocenters. The van der Waals surface area contributed by atoms with Gasteiger partial charge < -0.3 is 5.32 Å².